The number of esters is 1. The molecule has 0 aliphatic rings. The number of sulfonamides is 1. The third kappa shape index (κ3) is 5.43. The molecule has 0 saturated carbocycles. The van der Waals surface area contributed by atoms with E-state index in [9.17, 15) is 18.0 Å². The Morgan fingerprint density at radius 1 is 1.15 bits per heavy atom. The van der Waals surface area contributed by atoms with Crippen molar-refractivity contribution in [2.24, 2.45) is 5.92 Å². The maximum atomic E-state index is 12.8. The number of halogens is 1. The molecule has 1 amide bonds. The maximum absolute atomic E-state index is 12.8. The van der Waals surface area contributed by atoms with E-state index >= 15 is 0 Å². The first-order valence-corrected chi connectivity index (χ1v) is 10.6. The standard InChI is InChI=1S/C18H27ClN2O5S/c1-6-20(12-13(4)18(23)26-5)17(22)14-9-10-15(19)16(11-14)27(24,25)21(7-2)8-3/h9-11,13H,6-8,12H2,1-5H3. The molecule has 1 atom stereocenters. The summed E-state index contributed by atoms with van der Waals surface area (Å²) >= 11 is 6.11. The summed E-state index contributed by atoms with van der Waals surface area (Å²) in [4.78, 5) is 25.8. The van der Waals surface area contributed by atoms with Crippen LogP contribution in [-0.4, -0.2) is 62.8 Å². The molecular weight excluding hydrogens is 392 g/mol. The summed E-state index contributed by atoms with van der Waals surface area (Å²) in [6.45, 7) is 8.04. The highest BCUT2D eigenvalue weighted by molar-refractivity contribution is 7.89. The molecule has 0 radical (unpaired) electrons. The van der Waals surface area contributed by atoms with Gasteiger partial charge >= 0.3 is 5.97 Å². The number of amides is 1. The van der Waals surface area contributed by atoms with Crippen LogP contribution in [0, 0.1) is 5.92 Å². The maximum Gasteiger partial charge on any atom is 0.310 e. The zero-order valence-corrected chi connectivity index (χ0v) is 17.9. The molecule has 1 aromatic rings. The Morgan fingerprint density at radius 2 is 1.74 bits per heavy atom. The highest BCUT2D eigenvalue weighted by atomic mass is 35.5. The highest BCUT2D eigenvalue weighted by Crippen LogP contribution is 2.26. The number of ether oxygens (including phenoxy) is 1. The van der Waals surface area contributed by atoms with Crippen molar-refractivity contribution in [3.63, 3.8) is 0 Å². The van der Waals surface area contributed by atoms with Crippen molar-refractivity contribution < 1.29 is 22.7 Å². The Balaban J connectivity index is 3.24. The molecule has 0 saturated heterocycles. The van der Waals surface area contributed by atoms with Gasteiger partial charge in [0.1, 0.15) is 4.90 Å². The zero-order chi connectivity index (χ0) is 20.8. The van der Waals surface area contributed by atoms with E-state index in [0.717, 1.165) is 0 Å². The van der Waals surface area contributed by atoms with Crippen LogP contribution < -0.4 is 0 Å². The quantitative estimate of drug-likeness (QED) is 0.575. The number of methoxy groups -OCH3 is 1. The van der Waals surface area contributed by atoms with Gasteiger partial charge in [0.2, 0.25) is 10.0 Å². The first-order chi connectivity index (χ1) is 12.6. The van der Waals surface area contributed by atoms with Gasteiger partial charge in [0, 0.05) is 31.7 Å². The van der Waals surface area contributed by atoms with E-state index in [1.807, 2.05) is 0 Å². The molecule has 27 heavy (non-hydrogen) atoms. The van der Waals surface area contributed by atoms with Gasteiger partial charge in [-0.25, -0.2) is 8.42 Å². The number of carbonyl (C=O) groups excluding carboxylic acids is 2. The second-order valence-corrected chi connectivity index (χ2v) is 8.32. The number of hydrogen-bond acceptors (Lipinski definition) is 5. The molecule has 1 unspecified atom stereocenters. The molecule has 0 fully saturated rings. The average Bonchev–Trinajstić information content (AvgIpc) is 2.65. The van der Waals surface area contributed by atoms with Crippen molar-refractivity contribution in [2.45, 2.75) is 32.6 Å². The fourth-order valence-corrected chi connectivity index (χ4v) is 4.64. The third-order valence-electron chi connectivity index (χ3n) is 4.27. The topological polar surface area (TPSA) is 84.0 Å². The van der Waals surface area contributed by atoms with Gasteiger partial charge < -0.3 is 9.64 Å². The molecule has 0 spiro atoms. The first-order valence-electron chi connectivity index (χ1n) is 8.80. The lowest BCUT2D eigenvalue weighted by atomic mass is 10.1. The molecule has 0 heterocycles. The second kappa shape index (κ2) is 10.1. The fraction of sp³-hybridized carbons (Fsp3) is 0.556. The van der Waals surface area contributed by atoms with E-state index in [2.05, 4.69) is 0 Å². The predicted molar refractivity (Wildman–Crippen MR) is 104 cm³/mol. The first kappa shape index (κ1) is 23.4. The molecule has 1 rings (SSSR count). The zero-order valence-electron chi connectivity index (χ0n) is 16.4. The van der Waals surface area contributed by atoms with Crippen molar-refractivity contribution in [3.05, 3.63) is 28.8 Å². The summed E-state index contributed by atoms with van der Waals surface area (Å²) in [5.41, 5.74) is 0.198. The monoisotopic (exact) mass is 418 g/mol. The van der Waals surface area contributed by atoms with Crippen LogP contribution in [0.3, 0.4) is 0 Å². The number of nitrogens with zero attached hydrogens (tertiary/aromatic N) is 2. The lowest BCUT2D eigenvalue weighted by Gasteiger charge is -2.24. The lowest BCUT2D eigenvalue weighted by Crippen LogP contribution is -2.37. The minimum atomic E-state index is -3.80. The predicted octanol–water partition coefficient (Wildman–Crippen LogP) is 2.64. The molecular formula is C18H27ClN2O5S. The van der Waals surface area contributed by atoms with E-state index in [0.29, 0.717) is 19.6 Å². The number of rotatable bonds is 9. The van der Waals surface area contributed by atoms with Crippen molar-refractivity contribution in [1.82, 2.24) is 9.21 Å². The van der Waals surface area contributed by atoms with Crippen molar-refractivity contribution in [1.29, 1.82) is 0 Å². The second-order valence-electron chi connectivity index (χ2n) is 6.00. The Hall–Kier alpha value is -1.64. The van der Waals surface area contributed by atoms with Crippen LogP contribution in [0.2, 0.25) is 5.02 Å². The minimum Gasteiger partial charge on any atom is -0.469 e. The molecule has 0 N–H and O–H groups in total. The van der Waals surface area contributed by atoms with Gasteiger partial charge in [0.15, 0.2) is 0 Å². The van der Waals surface area contributed by atoms with Crippen LogP contribution in [0.15, 0.2) is 23.1 Å². The average molecular weight is 419 g/mol. The molecule has 9 heteroatoms. The number of carbonyl (C=O) groups is 2. The summed E-state index contributed by atoms with van der Waals surface area (Å²) < 4.78 is 31.6. The summed E-state index contributed by atoms with van der Waals surface area (Å²) in [6.07, 6.45) is 0. The van der Waals surface area contributed by atoms with Crippen molar-refractivity contribution in [2.75, 3.05) is 33.3 Å². The van der Waals surface area contributed by atoms with Gasteiger partial charge in [-0.3, -0.25) is 9.59 Å². The fourth-order valence-electron chi connectivity index (χ4n) is 2.68. The van der Waals surface area contributed by atoms with E-state index < -0.39 is 21.9 Å². The smallest absolute Gasteiger partial charge is 0.310 e. The Kier molecular flexibility index (Phi) is 8.71. The number of hydrogen-bond donors (Lipinski definition) is 0. The van der Waals surface area contributed by atoms with E-state index in [4.69, 9.17) is 16.3 Å². The van der Waals surface area contributed by atoms with E-state index in [-0.39, 0.29) is 27.9 Å². The van der Waals surface area contributed by atoms with Gasteiger partial charge in [-0.05, 0) is 25.1 Å². The van der Waals surface area contributed by atoms with Crippen LogP contribution in [-0.2, 0) is 19.6 Å². The van der Waals surface area contributed by atoms with Crippen LogP contribution in [0.5, 0.6) is 0 Å². The Labute approximate surface area is 166 Å². The normalized spacial score (nSPS) is 12.7. The van der Waals surface area contributed by atoms with Gasteiger partial charge in [0.05, 0.1) is 18.1 Å². The molecule has 1 aromatic carbocycles. The largest absolute Gasteiger partial charge is 0.469 e. The summed E-state index contributed by atoms with van der Waals surface area (Å²) in [7, 11) is -2.51. The van der Waals surface area contributed by atoms with Crippen molar-refractivity contribution >= 4 is 33.5 Å². The summed E-state index contributed by atoms with van der Waals surface area (Å²) in [6, 6.07) is 4.18. The molecule has 0 bridgehead atoms. The highest BCUT2D eigenvalue weighted by Gasteiger charge is 2.27. The van der Waals surface area contributed by atoms with Gasteiger partial charge in [0.25, 0.3) is 5.91 Å². The lowest BCUT2D eigenvalue weighted by molar-refractivity contribution is -0.145. The molecule has 0 aliphatic heterocycles. The van der Waals surface area contributed by atoms with E-state index in [1.54, 1.807) is 27.7 Å². The molecule has 7 nitrogen and oxygen atoms in total. The van der Waals surface area contributed by atoms with Gasteiger partial charge in [-0.2, -0.15) is 4.31 Å². The molecule has 0 aromatic heterocycles. The SMILES string of the molecule is CCN(CC(C)C(=O)OC)C(=O)c1ccc(Cl)c(S(=O)(=O)N(CC)CC)c1. The summed E-state index contributed by atoms with van der Waals surface area (Å²) in [5, 5.41) is 0.0597. The summed E-state index contributed by atoms with van der Waals surface area (Å²) in [5.74, 6) is -1.28. The number of benzene rings is 1. The Morgan fingerprint density at radius 3 is 2.22 bits per heavy atom. The van der Waals surface area contributed by atoms with Crippen LogP contribution in [0.25, 0.3) is 0 Å². The molecule has 152 valence electrons. The van der Waals surface area contributed by atoms with Gasteiger partial charge in [-0.1, -0.05) is 32.4 Å². The van der Waals surface area contributed by atoms with Crippen LogP contribution in [0.4, 0.5) is 0 Å². The third-order valence-corrected chi connectivity index (χ3v) is 6.80. The van der Waals surface area contributed by atoms with E-state index in [1.165, 1.54) is 34.5 Å². The van der Waals surface area contributed by atoms with Crippen molar-refractivity contribution in [3.8, 4) is 0 Å². The van der Waals surface area contributed by atoms with Crippen LogP contribution in [0.1, 0.15) is 38.1 Å². The Bertz CT molecular complexity index is 778. The van der Waals surface area contributed by atoms with Crippen LogP contribution >= 0.6 is 11.6 Å². The minimum absolute atomic E-state index is 0.0597. The van der Waals surface area contributed by atoms with Gasteiger partial charge in [-0.15, -0.1) is 0 Å². The molecule has 0 aliphatic carbocycles.